The van der Waals surface area contributed by atoms with Crippen molar-refractivity contribution in [3.63, 3.8) is 0 Å². The zero-order valence-electron chi connectivity index (χ0n) is 14.0. The van der Waals surface area contributed by atoms with Crippen LogP contribution in [-0.2, 0) is 7.05 Å². The van der Waals surface area contributed by atoms with E-state index in [4.69, 9.17) is 0 Å². The quantitative estimate of drug-likeness (QED) is 0.602. The lowest BCUT2D eigenvalue weighted by Crippen LogP contribution is -2.40. The molecule has 5 rings (SSSR count). The fourth-order valence-electron chi connectivity index (χ4n) is 3.57. The van der Waals surface area contributed by atoms with Gasteiger partial charge in [-0.05, 0) is 37.1 Å². The number of pyridine rings is 1. The van der Waals surface area contributed by atoms with Gasteiger partial charge >= 0.3 is 5.69 Å². The fraction of sp³-hybridized carbons (Fsp3) is 0.278. The third kappa shape index (κ3) is 2.33. The molecule has 0 atom stereocenters. The van der Waals surface area contributed by atoms with Gasteiger partial charge in [-0.1, -0.05) is 11.3 Å². The van der Waals surface area contributed by atoms with E-state index >= 15 is 0 Å². The predicted molar refractivity (Wildman–Crippen MR) is 100 cm³/mol. The molecule has 1 fully saturated rings. The van der Waals surface area contributed by atoms with Crippen molar-refractivity contribution in [2.24, 2.45) is 7.05 Å². The van der Waals surface area contributed by atoms with Crippen LogP contribution in [0.4, 0.5) is 9.52 Å². The Kier molecular flexibility index (Phi) is 3.36. The van der Waals surface area contributed by atoms with E-state index in [1.807, 2.05) is 12.1 Å². The largest absolute Gasteiger partial charge is 0.359 e. The topological polar surface area (TPSA) is 64.7 Å². The average molecular weight is 369 g/mol. The van der Waals surface area contributed by atoms with Crippen molar-refractivity contribution in [3.8, 4) is 0 Å². The number of imidazole rings is 1. The second kappa shape index (κ2) is 5.63. The molecular weight excluding hydrogens is 353 g/mol. The van der Waals surface area contributed by atoms with Crippen molar-refractivity contribution in [2.75, 3.05) is 5.32 Å². The number of benzene rings is 1. The highest BCUT2D eigenvalue weighted by Gasteiger charge is 2.34. The molecule has 26 heavy (non-hydrogen) atoms. The van der Waals surface area contributed by atoms with Crippen molar-refractivity contribution in [1.29, 1.82) is 0 Å². The van der Waals surface area contributed by atoms with Gasteiger partial charge in [0.25, 0.3) is 0 Å². The molecule has 1 aromatic carbocycles. The molecule has 1 saturated carbocycles. The van der Waals surface area contributed by atoms with Gasteiger partial charge in [-0.2, -0.15) is 0 Å². The summed E-state index contributed by atoms with van der Waals surface area (Å²) in [5.74, 6) is -0.277. The Labute approximate surface area is 151 Å². The Morgan fingerprint density at radius 1 is 1.31 bits per heavy atom. The van der Waals surface area contributed by atoms with Crippen LogP contribution in [0.15, 0.2) is 41.3 Å². The van der Waals surface area contributed by atoms with E-state index in [2.05, 4.69) is 15.3 Å². The van der Waals surface area contributed by atoms with Gasteiger partial charge in [-0.25, -0.2) is 19.2 Å². The van der Waals surface area contributed by atoms with Crippen molar-refractivity contribution < 1.29 is 4.39 Å². The number of aryl methyl sites for hydroxylation is 1. The summed E-state index contributed by atoms with van der Waals surface area (Å²) in [7, 11) is 1.78. The van der Waals surface area contributed by atoms with E-state index in [9.17, 15) is 9.18 Å². The predicted octanol–water partition coefficient (Wildman–Crippen LogP) is 3.30. The number of nitrogens with one attached hydrogen (secondary N) is 1. The lowest BCUT2D eigenvalue weighted by molar-refractivity contribution is 0.280. The number of fused-ring (bicyclic) bond motifs is 2. The molecule has 1 aliphatic carbocycles. The van der Waals surface area contributed by atoms with Crippen LogP contribution < -0.4 is 11.0 Å². The lowest BCUT2D eigenvalue weighted by atomic mass is 9.86. The summed E-state index contributed by atoms with van der Waals surface area (Å²) >= 11 is 1.52. The zero-order valence-corrected chi connectivity index (χ0v) is 14.8. The molecule has 4 aromatic rings. The Hall–Kier alpha value is -2.74. The molecule has 6 nitrogen and oxygen atoms in total. The van der Waals surface area contributed by atoms with Gasteiger partial charge in [-0.3, -0.25) is 9.13 Å². The van der Waals surface area contributed by atoms with Gasteiger partial charge in [0.05, 0.1) is 15.7 Å². The molecule has 1 N–H and O–H groups in total. The maximum Gasteiger partial charge on any atom is 0.330 e. The van der Waals surface area contributed by atoms with Crippen molar-refractivity contribution in [2.45, 2.75) is 24.9 Å². The summed E-state index contributed by atoms with van der Waals surface area (Å²) in [4.78, 5) is 21.4. The first kappa shape index (κ1) is 15.5. The van der Waals surface area contributed by atoms with Crippen molar-refractivity contribution >= 4 is 37.8 Å². The minimum absolute atomic E-state index is 0.0300. The summed E-state index contributed by atoms with van der Waals surface area (Å²) in [5.41, 5.74) is 2.22. The van der Waals surface area contributed by atoms with Crippen molar-refractivity contribution in [1.82, 2.24) is 19.1 Å². The van der Waals surface area contributed by atoms with Crippen LogP contribution in [0, 0.1) is 5.82 Å². The first-order valence-corrected chi connectivity index (χ1v) is 9.26. The number of halogens is 1. The summed E-state index contributed by atoms with van der Waals surface area (Å²) in [5, 5.41) is 4.19. The summed E-state index contributed by atoms with van der Waals surface area (Å²) in [6.07, 6.45) is 3.38. The molecule has 0 radical (unpaired) electrons. The SMILES string of the molecule is Cn1c(=O)n([C@H]2C[C@H](Nc3nc4cc(F)ccc4s3)C2)c2ncccc21. The van der Waals surface area contributed by atoms with Gasteiger partial charge in [-0.15, -0.1) is 0 Å². The third-order valence-corrected chi connectivity index (χ3v) is 5.97. The standard InChI is InChI=1S/C18H16FN5OS/c1-23-14-3-2-6-20-16(14)24(18(23)25)12-8-11(9-12)21-17-22-13-7-10(19)4-5-15(13)26-17/h2-7,11-12H,8-9H2,1H3,(H,21,22)/t11-,12-. The van der Waals surface area contributed by atoms with Gasteiger partial charge in [0.2, 0.25) is 0 Å². The van der Waals surface area contributed by atoms with Crippen LogP contribution in [-0.4, -0.2) is 25.1 Å². The number of aromatic nitrogens is 4. The normalized spacial score (nSPS) is 19.8. The van der Waals surface area contributed by atoms with Crippen LogP contribution in [0.25, 0.3) is 21.4 Å². The van der Waals surface area contributed by atoms with E-state index in [1.165, 1.54) is 23.5 Å². The van der Waals surface area contributed by atoms with E-state index in [0.717, 1.165) is 33.8 Å². The summed E-state index contributed by atoms with van der Waals surface area (Å²) < 4.78 is 17.7. The number of anilines is 1. The molecule has 3 heterocycles. The first-order valence-electron chi connectivity index (χ1n) is 8.45. The molecule has 132 valence electrons. The van der Waals surface area contributed by atoms with Crippen LogP contribution in [0.2, 0.25) is 0 Å². The number of nitrogens with zero attached hydrogens (tertiary/aromatic N) is 4. The average Bonchev–Trinajstić information content (AvgIpc) is 3.10. The number of hydrogen-bond donors (Lipinski definition) is 1. The minimum Gasteiger partial charge on any atom is -0.359 e. The molecule has 0 unspecified atom stereocenters. The fourth-order valence-corrected chi connectivity index (χ4v) is 4.50. The third-order valence-electron chi connectivity index (χ3n) is 5.00. The molecule has 0 amide bonds. The van der Waals surface area contributed by atoms with Crippen molar-refractivity contribution in [3.05, 3.63) is 52.8 Å². The monoisotopic (exact) mass is 369 g/mol. The summed E-state index contributed by atoms with van der Waals surface area (Å²) in [6.45, 7) is 0. The van der Waals surface area contributed by atoms with E-state index < -0.39 is 0 Å². The van der Waals surface area contributed by atoms with Crippen LogP contribution >= 0.6 is 11.3 Å². The Morgan fingerprint density at radius 3 is 3.00 bits per heavy atom. The molecule has 1 aliphatic rings. The molecule has 0 bridgehead atoms. The lowest BCUT2D eigenvalue weighted by Gasteiger charge is -2.36. The number of thiazole rings is 1. The number of hydrogen-bond acceptors (Lipinski definition) is 5. The zero-order chi connectivity index (χ0) is 17.8. The van der Waals surface area contributed by atoms with Gasteiger partial charge in [0, 0.05) is 31.4 Å². The van der Waals surface area contributed by atoms with Crippen LogP contribution in [0.1, 0.15) is 18.9 Å². The Balaban J connectivity index is 1.36. The second-order valence-electron chi connectivity index (χ2n) is 6.66. The van der Waals surface area contributed by atoms with Crippen LogP contribution in [0.3, 0.4) is 0 Å². The van der Waals surface area contributed by atoms with E-state index in [0.29, 0.717) is 5.52 Å². The first-order chi connectivity index (χ1) is 12.6. The van der Waals surface area contributed by atoms with Gasteiger partial charge in [0.15, 0.2) is 10.8 Å². The molecule has 0 saturated heterocycles. The Bertz CT molecular complexity index is 1190. The molecule has 8 heteroatoms. The smallest absolute Gasteiger partial charge is 0.330 e. The van der Waals surface area contributed by atoms with E-state index in [-0.39, 0.29) is 23.6 Å². The Morgan fingerprint density at radius 2 is 2.15 bits per heavy atom. The second-order valence-corrected chi connectivity index (χ2v) is 7.69. The molecule has 3 aromatic heterocycles. The maximum absolute atomic E-state index is 13.3. The maximum atomic E-state index is 13.3. The highest BCUT2D eigenvalue weighted by molar-refractivity contribution is 7.22. The van der Waals surface area contributed by atoms with Gasteiger partial charge in [0.1, 0.15) is 5.82 Å². The molecular formula is C18H16FN5OS. The number of rotatable bonds is 3. The summed E-state index contributed by atoms with van der Waals surface area (Å²) in [6, 6.07) is 8.77. The molecule has 0 spiro atoms. The highest BCUT2D eigenvalue weighted by atomic mass is 32.1. The van der Waals surface area contributed by atoms with E-state index in [1.54, 1.807) is 28.4 Å². The highest BCUT2D eigenvalue weighted by Crippen LogP contribution is 2.36. The minimum atomic E-state index is -0.277. The van der Waals surface area contributed by atoms with Crippen LogP contribution in [0.5, 0.6) is 0 Å². The van der Waals surface area contributed by atoms with Gasteiger partial charge < -0.3 is 5.32 Å². The molecule has 0 aliphatic heterocycles.